The highest BCUT2D eigenvalue weighted by Gasteiger charge is 2.24. The highest BCUT2D eigenvalue weighted by molar-refractivity contribution is 5.96. The van der Waals surface area contributed by atoms with Crippen molar-refractivity contribution < 1.29 is 19.4 Å². The number of non-ortho nitro benzene ring substituents is 1. The molecule has 0 aliphatic heterocycles. The van der Waals surface area contributed by atoms with Gasteiger partial charge in [0, 0.05) is 28.9 Å². The van der Waals surface area contributed by atoms with Crippen LogP contribution in [-0.4, -0.2) is 31.5 Å². The number of carbonyl (C=O) groups is 2. The number of hydrazine groups is 1. The third-order valence-corrected chi connectivity index (χ3v) is 4.17. The average Bonchev–Trinajstić information content (AvgIpc) is 2.77. The molecule has 0 aliphatic carbocycles. The van der Waals surface area contributed by atoms with Gasteiger partial charge in [-0.15, -0.1) is 0 Å². The fourth-order valence-electron chi connectivity index (χ4n) is 2.61. The van der Waals surface area contributed by atoms with Crippen LogP contribution in [0, 0.1) is 20.2 Å². The molecule has 0 aliphatic rings. The number of ketones is 1. The van der Waals surface area contributed by atoms with Gasteiger partial charge < -0.3 is 5.32 Å². The lowest BCUT2D eigenvalue weighted by Crippen LogP contribution is -2.30. The van der Waals surface area contributed by atoms with Gasteiger partial charge in [0.2, 0.25) is 11.6 Å². The Morgan fingerprint density at radius 3 is 2.22 bits per heavy atom. The van der Waals surface area contributed by atoms with Crippen LogP contribution in [0.2, 0.25) is 0 Å². The van der Waals surface area contributed by atoms with Crippen LogP contribution in [0.3, 0.4) is 0 Å². The van der Waals surface area contributed by atoms with Crippen LogP contribution in [0.5, 0.6) is 0 Å². The standard InChI is InChI=1S/C19H15N7O6/c1-11(27)13-3-2-4-14(9-13)22-17-16(26(31)32)18(21-10-20-17)23-24-19(28)12-5-7-15(8-6-12)25(29)30/h2-10H,1H3,(H,24,28)(H2,20,21,22,23). The van der Waals surface area contributed by atoms with Gasteiger partial charge in [0.1, 0.15) is 6.33 Å². The highest BCUT2D eigenvalue weighted by Crippen LogP contribution is 2.31. The maximum atomic E-state index is 12.3. The summed E-state index contributed by atoms with van der Waals surface area (Å²) in [6.07, 6.45) is 1.05. The van der Waals surface area contributed by atoms with Crippen molar-refractivity contribution in [2.24, 2.45) is 0 Å². The van der Waals surface area contributed by atoms with Crippen molar-refractivity contribution in [3.63, 3.8) is 0 Å². The van der Waals surface area contributed by atoms with Crippen molar-refractivity contribution in [2.75, 3.05) is 10.7 Å². The van der Waals surface area contributed by atoms with Gasteiger partial charge in [0.05, 0.1) is 9.85 Å². The molecule has 3 N–H and O–H groups in total. The molecule has 13 nitrogen and oxygen atoms in total. The largest absolute Gasteiger partial charge is 0.355 e. The summed E-state index contributed by atoms with van der Waals surface area (Å²) in [5.74, 6) is -1.35. The number of rotatable bonds is 8. The number of benzene rings is 2. The van der Waals surface area contributed by atoms with Crippen LogP contribution in [0.25, 0.3) is 0 Å². The van der Waals surface area contributed by atoms with E-state index in [0.717, 1.165) is 18.5 Å². The molecule has 0 saturated heterocycles. The van der Waals surface area contributed by atoms with Gasteiger partial charge in [-0.1, -0.05) is 12.1 Å². The van der Waals surface area contributed by atoms with Crippen LogP contribution in [0.15, 0.2) is 54.9 Å². The summed E-state index contributed by atoms with van der Waals surface area (Å²) < 4.78 is 0. The van der Waals surface area contributed by atoms with Crippen molar-refractivity contribution >= 4 is 40.4 Å². The second-order valence-corrected chi connectivity index (χ2v) is 6.32. The molecule has 13 heteroatoms. The maximum Gasteiger partial charge on any atom is 0.355 e. The summed E-state index contributed by atoms with van der Waals surface area (Å²) in [7, 11) is 0. The SMILES string of the molecule is CC(=O)c1cccc(Nc2ncnc(NNC(=O)c3ccc([N+](=O)[O-])cc3)c2[N+](=O)[O-])c1. The molecule has 32 heavy (non-hydrogen) atoms. The summed E-state index contributed by atoms with van der Waals surface area (Å²) in [6, 6.07) is 11.1. The molecular weight excluding hydrogens is 422 g/mol. The van der Waals surface area contributed by atoms with Crippen molar-refractivity contribution in [2.45, 2.75) is 6.92 Å². The first-order valence-corrected chi connectivity index (χ1v) is 8.94. The number of carbonyl (C=O) groups excluding carboxylic acids is 2. The number of hydrogen-bond acceptors (Lipinski definition) is 10. The monoisotopic (exact) mass is 437 g/mol. The van der Waals surface area contributed by atoms with Gasteiger partial charge in [0.25, 0.3) is 11.6 Å². The molecule has 0 unspecified atom stereocenters. The van der Waals surface area contributed by atoms with E-state index in [9.17, 15) is 29.8 Å². The number of nitrogens with zero attached hydrogens (tertiary/aromatic N) is 4. The topological polar surface area (TPSA) is 182 Å². The Morgan fingerprint density at radius 1 is 0.906 bits per heavy atom. The molecule has 0 atom stereocenters. The van der Waals surface area contributed by atoms with Gasteiger partial charge >= 0.3 is 5.69 Å². The molecule has 1 heterocycles. The van der Waals surface area contributed by atoms with Gasteiger partial charge in [-0.3, -0.25) is 40.7 Å². The summed E-state index contributed by atoms with van der Waals surface area (Å²) in [5.41, 5.74) is 4.75. The zero-order chi connectivity index (χ0) is 23.3. The van der Waals surface area contributed by atoms with Crippen LogP contribution in [0.4, 0.5) is 28.7 Å². The predicted octanol–water partition coefficient (Wildman–Crippen LogP) is 3.00. The number of nitro benzene ring substituents is 1. The van der Waals surface area contributed by atoms with E-state index in [-0.39, 0.29) is 28.7 Å². The molecule has 1 aromatic heterocycles. The Labute approximate surface area is 179 Å². The van der Waals surface area contributed by atoms with E-state index in [1.807, 2.05) is 0 Å². The van der Waals surface area contributed by atoms with Crippen molar-refractivity contribution in [1.29, 1.82) is 0 Å². The molecule has 0 fully saturated rings. The fourth-order valence-corrected chi connectivity index (χ4v) is 2.61. The first-order chi connectivity index (χ1) is 15.3. The molecular formula is C19H15N7O6. The first kappa shape index (κ1) is 21.8. The Kier molecular flexibility index (Phi) is 6.29. The Bertz CT molecular complexity index is 1210. The predicted molar refractivity (Wildman–Crippen MR) is 113 cm³/mol. The van der Waals surface area contributed by atoms with Gasteiger partial charge in [-0.2, -0.15) is 0 Å². The van der Waals surface area contributed by atoms with Gasteiger partial charge in [-0.05, 0) is 31.2 Å². The van der Waals surface area contributed by atoms with E-state index in [1.165, 1.54) is 25.1 Å². The van der Waals surface area contributed by atoms with E-state index in [1.54, 1.807) is 18.2 Å². The first-order valence-electron chi connectivity index (χ1n) is 8.94. The molecule has 0 saturated carbocycles. The van der Waals surface area contributed by atoms with Crippen LogP contribution >= 0.6 is 0 Å². The van der Waals surface area contributed by atoms with Crippen molar-refractivity contribution in [3.05, 3.63) is 86.2 Å². The molecule has 3 aromatic rings. The minimum atomic E-state index is -0.739. The van der Waals surface area contributed by atoms with E-state index in [4.69, 9.17) is 0 Å². The zero-order valence-electron chi connectivity index (χ0n) is 16.4. The number of anilines is 3. The number of aromatic nitrogens is 2. The van der Waals surface area contributed by atoms with Crippen LogP contribution in [0.1, 0.15) is 27.6 Å². The molecule has 0 spiro atoms. The number of amides is 1. The number of hydrogen-bond donors (Lipinski definition) is 3. The fraction of sp³-hybridized carbons (Fsp3) is 0.0526. The van der Waals surface area contributed by atoms with Crippen molar-refractivity contribution in [3.8, 4) is 0 Å². The lowest BCUT2D eigenvalue weighted by atomic mass is 10.1. The maximum absolute atomic E-state index is 12.3. The number of nitro groups is 2. The normalized spacial score (nSPS) is 10.2. The molecule has 2 aromatic carbocycles. The minimum absolute atomic E-state index is 0.0826. The number of Topliss-reactive ketones (excluding diaryl/α,β-unsaturated/α-hetero) is 1. The Hall–Kier alpha value is -4.94. The van der Waals surface area contributed by atoms with E-state index in [0.29, 0.717) is 11.3 Å². The van der Waals surface area contributed by atoms with Crippen LogP contribution in [-0.2, 0) is 0 Å². The lowest BCUT2D eigenvalue weighted by molar-refractivity contribution is -0.384. The highest BCUT2D eigenvalue weighted by atomic mass is 16.6. The molecule has 0 bridgehead atoms. The average molecular weight is 437 g/mol. The lowest BCUT2D eigenvalue weighted by Gasteiger charge is -2.11. The second kappa shape index (κ2) is 9.25. The second-order valence-electron chi connectivity index (χ2n) is 6.32. The smallest absolute Gasteiger partial charge is 0.334 e. The summed E-state index contributed by atoms with van der Waals surface area (Å²) >= 11 is 0. The van der Waals surface area contributed by atoms with Gasteiger partial charge in [0.15, 0.2) is 5.78 Å². The molecule has 1 amide bonds. The Morgan fingerprint density at radius 2 is 1.59 bits per heavy atom. The molecule has 0 radical (unpaired) electrons. The van der Waals surface area contributed by atoms with Crippen LogP contribution < -0.4 is 16.2 Å². The third-order valence-electron chi connectivity index (χ3n) is 4.17. The quantitative estimate of drug-likeness (QED) is 0.269. The Balaban J connectivity index is 1.81. The molecule has 3 rings (SSSR count). The zero-order valence-corrected chi connectivity index (χ0v) is 16.4. The van der Waals surface area contributed by atoms with E-state index in [2.05, 4.69) is 26.1 Å². The minimum Gasteiger partial charge on any atom is -0.334 e. The van der Waals surface area contributed by atoms with E-state index < -0.39 is 21.4 Å². The summed E-state index contributed by atoms with van der Waals surface area (Å²) in [4.78, 5) is 52.5. The van der Waals surface area contributed by atoms with Gasteiger partial charge in [-0.25, -0.2) is 9.97 Å². The van der Waals surface area contributed by atoms with E-state index >= 15 is 0 Å². The summed E-state index contributed by atoms with van der Waals surface area (Å²) in [6.45, 7) is 1.39. The third kappa shape index (κ3) is 4.96. The summed E-state index contributed by atoms with van der Waals surface area (Å²) in [5, 5.41) is 25.1. The number of nitrogens with one attached hydrogen (secondary N) is 3. The van der Waals surface area contributed by atoms with Crippen molar-refractivity contribution in [1.82, 2.24) is 15.4 Å². The molecule has 162 valence electrons.